The van der Waals surface area contributed by atoms with Gasteiger partial charge >= 0.3 is 0 Å². The highest BCUT2D eigenvalue weighted by Gasteiger charge is 2.45. The van der Waals surface area contributed by atoms with Crippen LogP contribution in [-0.2, 0) is 5.41 Å². The molecule has 1 aliphatic rings. The predicted molar refractivity (Wildman–Crippen MR) is 232 cm³/mol. The second-order valence-electron chi connectivity index (χ2n) is 14.2. The fourth-order valence-corrected chi connectivity index (χ4v) is 8.27. The largest absolute Gasteiger partial charge is 0.456 e. The van der Waals surface area contributed by atoms with Gasteiger partial charge < -0.3 is 4.74 Å². The van der Waals surface area contributed by atoms with Crippen LogP contribution in [0.15, 0.2) is 206 Å². The third kappa shape index (κ3) is 5.92. The zero-order valence-electron chi connectivity index (χ0n) is 31.3. The van der Waals surface area contributed by atoms with E-state index in [1.165, 1.54) is 0 Å². The number of aromatic nitrogens is 3. The van der Waals surface area contributed by atoms with E-state index in [2.05, 4.69) is 138 Å². The van der Waals surface area contributed by atoms with Crippen molar-refractivity contribution in [2.45, 2.75) is 5.41 Å². The smallest absolute Gasteiger partial charge is 0.187 e. The zero-order valence-corrected chi connectivity index (χ0v) is 31.3. The number of hydrogen-bond donors (Lipinski definition) is 0. The molecule has 10 rings (SSSR count). The molecule has 0 aliphatic carbocycles. The second-order valence-corrected chi connectivity index (χ2v) is 14.2. The van der Waals surface area contributed by atoms with Crippen molar-refractivity contribution in [3.8, 4) is 67.9 Å². The molecule has 0 bridgehead atoms. The number of benzene rings is 8. The molecule has 0 amide bonds. The molecule has 1 aliphatic heterocycles. The Balaban J connectivity index is 1.16. The maximum atomic E-state index is 7.49. The van der Waals surface area contributed by atoms with Gasteiger partial charge in [0.15, 0.2) is 23.2 Å². The Hall–Kier alpha value is -7.94. The van der Waals surface area contributed by atoms with Gasteiger partial charge in [0.2, 0.25) is 0 Å². The van der Waals surface area contributed by atoms with Gasteiger partial charge in [-0.3, -0.25) is 0 Å². The Morgan fingerprint density at radius 2 is 0.914 bits per heavy atom. The highest BCUT2D eigenvalue weighted by atomic mass is 16.5. The van der Waals surface area contributed by atoms with E-state index in [0.717, 1.165) is 72.7 Å². The minimum atomic E-state index is -0.632. The molecule has 58 heavy (non-hydrogen) atoms. The van der Waals surface area contributed by atoms with Crippen molar-refractivity contribution in [1.29, 1.82) is 0 Å². The summed E-state index contributed by atoms with van der Waals surface area (Å²) in [4.78, 5) is 18.9. The van der Waals surface area contributed by atoms with Crippen LogP contribution in [0.1, 0.15) is 22.3 Å². The number of nitrogens with zero attached hydrogens (tertiary/aromatic N) is 4. The van der Waals surface area contributed by atoms with Gasteiger partial charge in [0.05, 0.1) is 12.0 Å². The summed E-state index contributed by atoms with van der Waals surface area (Å²) in [6, 6.07) is 70.5. The highest BCUT2D eigenvalue weighted by Crippen LogP contribution is 2.57. The zero-order chi connectivity index (χ0) is 38.9. The van der Waals surface area contributed by atoms with E-state index in [-0.39, 0.29) is 0 Å². The molecule has 5 nitrogen and oxygen atoms in total. The lowest BCUT2D eigenvalue weighted by molar-refractivity contribution is 0.436. The van der Waals surface area contributed by atoms with Crippen molar-refractivity contribution in [2.75, 3.05) is 0 Å². The van der Waals surface area contributed by atoms with Gasteiger partial charge in [0, 0.05) is 33.4 Å². The molecule has 0 saturated heterocycles. The van der Waals surface area contributed by atoms with Crippen LogP contribution in [0.2, 0.25) is 0 Å². The Morgan fingerprint density at radius 1 is 0.397 bits per heavy atom. The van der Waals surface area contributed by atoms with E-state index in [4.69, 9.17) is 26.3 Å². The summed E-state index contributed by atoms with van der Waals surface area (Å²) < 4.78 is 6.97. The Morgan fingerprint density at radius 3 is 1.62 bits per heavy atom. The van der Waals surface area contributed by atoms with Crippen LogP contribution < -0.4 is 4.74 Å². The van der Waals surface area contributed by atoms with Gasteiger partial charge in [0.1, 0.15) is 11.5 Å². The van der Waals surface area contributed by atoms with Crippen LogP contribution in [0.4, 0.5) is 5.69 Å². The van der Waals surface area contributed by atoms with Gasteiger partial charge in [0.25, 0.3) is 0 Å². The maximum absolute atomic E-state index is 7.49. The molecule has 1 aromatic heterocycles. The molecule has 272 valence electrons. The minimum Gasteiger partial charge on any atom is -0.456 e. The van der Waals surface area contributed by atoms with Crippen LogP contribution in [0, 0.1) is 6.57 Å². The topological polar surface area (TPSA) is 52.3 Å². The number of para-hydroxylation sites is 2. The Bertz CT molecular complexity index is 2940. The Labute approximate surface area is 337 Å². The summed E-state index contributed by atoms with van der Waals surface area (Å²) >= 11 is 0. The SMILES string of the molecule is [C-]#[N+]c1ccc(-c2nc(-c3cccc(-c4cccc5c4Oc4ccccc4C5(c4ccccc4)c4ccccc4)c3)nc(-c3ccccc3-c3ccccc3)n2)cc1. The summed E-state index contributed by atoms with van der Waals surface area (Å²) in [5, 5.41) is 0. The van der Waals surface area contributed by atoms with Gasteiger partial charge in [-0.2, -0.15) is 0 Å². The van der Waals surface area contributed by atoms with Crippen molar-refractivity contribution < 1.29 is 4.74 Å². The van der Waals surface area contributed by atoms with Crippen LogP contribution in [0.3, 0.4) is 0 Å². The normalized spacial score (nSPS) is 12.4. The first kappa shape index (κ1) is 34.5. The van der Waals surface area contributed by atoms with Gasteiger partial charge in [-0.1, -0.05) is 194 Å². The van der Waals surface area contributed by atoms with Crippen molar-refractivity contribution in [3.05, 3.63) is 240 Å². The average molecular weight is 743 g/mol. The third-order valence-corrected chi connectivity index (χ3v) is 10.9. The molecule has 0 unspecified atom stereocenters. The lowest BCUT2D eigenvalue weighted by atomic mass is 9.63. The van der Waals surface area contributed by atoms with E-state index in [1.54, 1.807) is 12.1 Å². The number of hydrogen-bond acceptors (Lipinski definition) is 4. The molecule has 0 radical (unpaired) electrons. The monoisotopic (exact) mass is 742 g/mol. The molecular formula is C53H34N4O. The first-order chi connectivity index (χ1) is 28.7. The fraction of sp³-hybridized carbons (Fsp3) is 0.0189. The molecule has 9 aromatic rings. The van der Waals surface area contributed by atoms with Crippen molar-refractivity contribution in [1.82, 2.24) is 15.0 Å². The molecular weight excluding hydrogens is 709 g/mol. The Kier molecular flexibility index (Phi) is 8.70. The first-order valence-electron chi connectivity index (χ1n) is 19.2. The van der Waals surface area contributed by atoms with E-state index >= 15 is 0 Å². The summed E-state index contributed by atoms with van der Waals surface area (Å²) in [6.07, 6.45) is 0. The number of rotatable bonds is 7. The quantitative estimate of drug-likeness (QED) is 0.153. The van der Waals surface area contributed by atoms with Crippen LogP contribution in [0.25, 0.3) is 61.3 Å². The molecule has 8 aromatic carbocycles. The fourth-order valence-electron chi connectivity index (χ4n) is 8.27. The lowest BCUT2D eigenvalue weighted by Crippen LogP contribution is -2.34. The van der Waals surface area contributed by atoms with Crippen LogP contribution in [0.5, 0.6) is 11.5 Å². The molecule has 2 heterocycles. The lowest BCUT2D eigenvalue weighted by Gasteiger charge is -2.42. The first-order valence-corrected chi connectivity index (χ1v) is 19.2. The second kappa shape index (κ2) is 14.6. The predicted octanol–water partition coefficient (Wildman–Crippen LogP) is 13.2. The number of fused-ring (bicyclic) bond motifs is 2. The van der Waals surface area contributed by atoms with E-state index in [1.807, 2.05) is 60.7 Å². The maximum Gasteiger partial charge on any atom is 0.187 e. The van der Waals surface area contributed by atoms with Crippen LogP contribution in [-0.4, -0.2) is 15.0 Å². The highest BCUT2D eigenvalue weighted by molar-refractivity contribution is 5.84. The summed E-state index contributed by atoms with van der Waals surface area (Å²) in [6.45, 7) is 7.49. The molecule has 0 spiro atoms. The third-order valence-electron chi connectivity index (χ3n) is 10.9. The van der Waals surface area contributed by atoms with Crippen molar-refractivity contribution in [3.63, 3.8) is 0 Å². The van der Waals surface area contributed by atoms with Gasteiger partial charge in [-0.25, -0.2) is 19.8 Å². The summed E-state index contributed by atoms with van der Waals surface area (Å²) in [5.74, 6) is 3.25. The molecule has 0 atom stereocenters. The summed E-state index contributed by atoms with van der Waals surface area (Å²) in [5.41, 5.74) is 11.0. The van der Waals surface area contributed by atoms with Gasteiger partial charge in [-0.05, 0) is 39.9 Å². The molecule has 5 heteroatoms. The van der Waals surface area contributed by atoms with Crippen molar-refractivity contribution >= 4 is 5.69 Å². The van der Waals surface area contributed by atoms with Crippen molar-refractivity contribution in [2.24, 2.45) is 0 Å². The van der Waals surface area contributed by atoms with E-state index < -0.39 is 5.41 Å². The minimum absolute atomic E-state index is 0.525. The average Bonchev–Trinajstić information content (AvgIpc) is 3.31. The standard InChI is InChI=1S/C53H34N4O/c1-54-42-33-31-37(32-34-42)50-55-51(57-52(56-50)45-26-12-11-25-43(45)36-17-5-2-6-18-36)39-20-15-19-38(35-39)44-27-16-29-47-49(44)58-48-30-14-13-28-46(48)53(47,40-21-7-3-8-22-40)41-23-9-4-10-24-41/h2-35H. The van der Waals surface area contributed by atoms with Crippen LogP contribution >= 0.6 is 0 Å². The number of ether oxygens (including phenoxy) is 1. The molecule has 0 fully saturated rings. The summed E-state index contributed by atoms with van der Waals surface area (Å²) in [7, 11) is 0. The molecule has 0 N–H and O–H groups in total. The van der Waals surface area contributed by atoms with E-state index in [0.29, 0.717) is 23.2 Å². The van der Waals surface area contributed by atoms with Gasteiger partial charge in [-0.15, -0.1) is 0 Å². The van der Waals surface area contributed by atoms with E-state index in [9.17, 15) is 0 Å². The molecule has 0 saturated carbocycles.